The molecule has 3 aromatic carbocycles. The molecule has 3 rings (SSSR count). The van der Waals surface area contributed by atoms with E-state index in [1.165, 1.54) is 0 Å². The molecule has 0 aromatic heterocycles. The van der Waals surface area contributed by atoms with Crippen LogP contribution in [0.15, 0.2) is 54.6 Å². The van der Waals surface area contributed by atoms with Gasteiger partial charge in [-0.3, -0.25) is 9.59 Å². The van der Waals surface area contributed by atoms with Crippen LogP contribution < -0.4 is 21.3 Å². The maximum absolute atomic E-state index is 13.2. The molecule has 0 saturated heterocycles. The Hall–Kier alpha value is -3.61. The molecule has 4 amide bonds. The molecule has 210 valence electrons. The molecule has 0 bridgehead atoms. The predicted octanol–water partition coefficient (Wildman–Crippen LogP) is 6.66. The van der Waals surface area contributed by atoms with E-state index in [9.17, 15) is 14.4 Å². The van der Waals surface area contributed by atoms with Crippen molar-refractivity contribution in [1.29, 1.82) is 0 Å². The molecule has 0 fully saturated rings. The van der Waals surface area contributed by atoms with Gasteiger partial charge in [-0.15, -0.1) is 0 Å². The summed E-state index contributed by atoms with van der Waals surface area (Å²) in [5, 5.41) is 15.6. The van der Waals surface area contributed by atoms with E-state index in [2.05, 4.69) is 41.2 Å². The minimum Gasteiger partial charge on any atom is -0.356 e. The van der Waals surface area contributed by atoms with E-state index in [1.807, 2.05) is 48.5 Å². The van der Waals surface area contributed by atoms with Gasteiger partial charge in [0.05, 0.1) is 5.69 Å². The van der Waals surface area contributed by atoms with Crippen molar-refractivity contribution >= 4 is 45.1 Å². The molecule has 0 radical (unpaired) electrons. The maximum atomic E-state index is 13.2. The van der Waals surface area contributed by atoms with Crippen molar-refractivity contribution in [3.05, 3.63) is 54.6 Å². The Balaban J connectivity index is 1.67. The molecule has 7 heteroatoms. The van der Waals surface area contributed by atoms with Gasteiger partial charge >= 0.3 is 6.03 Å². The summed E-state index contributed by atoms with van der Waals surface area (Å²) in [5.74, 6) is -0.366. The second kappa shape index (κ2) is 16.4. The lowest BCUT2D eigenvalue weighted by Gasteiger charge is -2.20. The van der Waals surface area contributed by atoms with Crippen LogP contribution >= 0.6 is 0 Å². The van der Waals surface area contributed by atoms with Crippen LogP contribution in [0.1, 0.15) is 78.1 Å². The lowest BCUT2D eigenvalue weighted by Crippen LogP contribution is -2.48. The first-order chi connectivity index (χ1) is 19.0. The lowest BCUT2D eigenvalue weighted by molar-refractivity contribution is -0.124. The number of carbonyl (C=O) groups excluding carboxylic acids is 3. The Kier molecular flexibility index (Phi) is 12.6. The first kappa shape index (κ1) is 29.9. The van der Waals surface area contributed by atoms with Crippen molar-refractivity contribution in [3.63, 3.8) is 0 Å². The molecule has 1 unspecified atom stereocenters. The van der Waals surface area contributed by atoms with Crippen molar-refractivity contribution in [3.8, 4) is 0 Å². The Morgan fingerprint density at radius 3 is 1.87 bits per heavy atom. The summed E-state index contributed by atoms with van der Waals surface area (Å²) in [6.45, 7) is 5.48. The summed E-state index contributed by atoms with van der Waals surface area (Å²) < 4.78 is 0. The minimum atomic E-state index is -0.816. The fourth-order valence-corrected chi connectivity index (χ4v) is 4.76. The number of hydrogen-bond acceptors (Lipinski definition) is 3. The van der Waals surface area contributed by atoms with Gasteiger partial charge in [0.2, 0.25) is 11.8 Å². The highest BCUT2D eigenvalue weighted by atomic mass is 16.2. The number of anilines is 1. The molecule has 1 atom stereocenters. The Labute approximate surface area is 232 Å². The number of nitrogens with one attached hydrogen (secondary N) is 4. The first-order valence-electron chi connectivity index (χ1n) is 14.6. The standard InChI is InChI=1S/C32H44N4O3/c1-3-5-7-13-21-33-29(37)20-19-28(31(38)34-22-14-8-6-4-2)35-32(39)36-30-26-17-11-9-15-24(26)23-25-16-10-12-18-27(25)30/h9-12,15-18,23,28H,3-8,13-14,19-22H2,1-2H3,(H,33,37)(H,34,38)(H2,35,36,39). The van der Waals surface area contributed by atoms with Crippen LogP contribution in [-0.2, 0) is 9.59 Å². The Morgan fingerprint density at radius 1 is 0.718 bits per heavy atom. The quantitative estimate of drug-likeness (QED) is 0.123. The van der Waals surface area contributed by atoms with Crippen LogP contribution in [-0.4, -0.2) is 37.0 Å². The fraction of sp³-hybridized carbons (Fsp3) is 0.469. The van der Waals surface area contributed by atoms with Crippen molar-refractivity contribution in [2.24, 2.45) is 0 Å². The molecule has 0 saturated carbocycles. The molecule has 0 heterocycles. The summed E-state index contributed by atoms with van der Waals surface area (Å²) in [6.07, 6.45) is 8.90. The number of fused-ring (bicyclic) bond motifs is 2. The van der Waals surface area contributed by atoms with Gasteiger partial charge < -0.3 is 21.3 Å². The van der Waals surface area contributed by atoms with Crippen molar-refractivity contribution < 1.29 is 14.4 Å². The van der Waals surface area contributed by atoms with Gasteiger partial charge in [-0.2, -0.15) is 0 Å². The highest BCUT2D eigenvalue weighted by molar-refractivity contribution is 6.15. The largest absolute Gasteiger partial charge is 0.356 e. The number of hydrogen-bond donors (Lipinski definition) is 4. The summed E-state index contributed by atoms with van der Waals surface area (Å²) in [5.41, 5.74) is 0.699. The fourth-order valence-electron chi connectivity index (χ4n) is 4.76. The number of rotatable bonds is 16. The van der Waals surface area contributed by atoms with Crippen LogP contribution in [0.3, 0.4) is 0 Å². The van der Waals surface area contributed by atoms with Crippen LogP contribution in [0.4, 0.5) is 10.5 Å². The lowest BCUT2D eigenvalue weighted by atomic mass is 10.0. The molecule has 4 N–H and O–H groups in total. The van der Waals surface area contributed by atoms with Crippen LogP contribution in [0.25, 0.3) is 21.5 Å². The number of carbonyl (C=O) groups is 3. The predicted molar refractivity (Wildman–Crippen MR) is 161 cm³/mol. The van der Waals surface area contributed by atoms with E-state index in [-0.39, 0.29) is 24.7 Å². The molecular weight excluding hydrogens is 488 g/mol. The summed E-state index contributed by atoms with van der Waals surface area (Å²) in [7, 11) is 0. The second-order valence-electron chi connectivity index (χ2n) is 10.1. The molecular formula is C32H44N4O3. The minimum absolute atomic E-state index is 0.102. The Bertz CT molecular complexity index is 1170. The van der Waals surface area contributed by atoms with Gasteiger partial charge in [0.25, 0.3) is 0 Å². The van der Waals surface area contributed by atoms with Gasteiger partial charge in [0.15, 0.2) is 0 Å². The van der Waals surface area contributed by atoms with Crippen LogP contribution in [0, 0.1) is 0 Å². The van der Waals surface area contributed by atoms with E-state index in [0.29, 0.717) is 18.8 Å². The summed E-state index contributed by atoms with van der Waals surface area (Å²) in [6, 6.07) is 16.6. The SMILES string of the molecule is CCCCCCNC(=O)CCC(NC(=O)Nc1c2ccccc2cc2ccccc12)C(=O)NCCCCCC. The average Bonchev–Trinajstić information content (AvgIpc) is 2.94. The van der Waals surface area contributed by atoms with Gasteiger partial charge in [-0.05, 0) is 36.1 Å². The number of urea groups is 1. The van der Waals surface area contributed by atoms with E-state index in [0.717, 1.165) is 72.9 Å². The third-order valence-electron chi connectivity index (χ3n) is 6.97. The average molecular weight is 533 g/mol. The molecule has 0 aliphatic carbocycles. The number of amides is 4. The summed E-state index contributed by atoms with van der Waals surface area (Å²) in [4.78, 5) is 38.7. The van der Waals surface area contributed by atoms with Gasteiger partial charge in [0.1, 0.15) is 6.04 Å². The molecule has 0 aliphatic rings. The molecule has 0 spiro atoms. The van der Waals surface area contributed by atoms with Crippen LogP contribution in [0.2, 0.25) is 0 Å². The molecule has 39 heavy (non-hydrogen) atoms. The van der Waals surface area contributed by atoms with E-state index in [1.54, 1.807) is 0 Å². The number of unbranched alkanes of at least 4 members (excludes halogenated alkanes) is 6. The van der Waals surface area contributed by atoms with E-state index in [4.69, 9.17) is 0 Å². The topological polar surface area (TPSA) is 99.3 Å². The molecule has 7 nitrogen and oxygen atoms in total. The third kappa shape index (κ3) is 9.57. The highest BCUT2D eigenvalue weighted by Gasteiger charge is 2.22. The van der Waals surface area contributed by atoms with Gasteiger partial charge in [-0.25, -0.2) is 4.79 Å². The monoisotopic (exact) mass is 532 g/mol. The zero-order valence-corrected chi connectivity index (χ0v) is 23.5. The molecule has 3 aromatic rings. The normalized spacial score (nSPS) is 11.7. The van der Waals surface area contributed by atoms with E-state index >= 15 is 0 Å². The maximum Gasteiger partial charge on any atom is 0.319 e. The van der Waals surface area contributed by atoms with Crippen molar-refractivity contribution in [2.75, 3.05) is 18.4 Å². The first-order valence-corrected chi connectivity index (χ1v) is 14.6. The zero-order valence-electron chi connectivity index (χ0n) is 23.5. The third-order valence-corrected chi connectivity index (χ3v) is 6.97. The zero-order chi connectivity index (χ0) is 27.9. The van der Waals surface area contributed by atoms with Crippen molar-refractivity contribution in [2.45, 2.75) is 84.1 Å². The van der Waals surface area contributed by atoms with E-state index < -0.39 is 12.1 Å². The van der Waals surface area contributed by atoms with Gasteiger partial charge in [-0.1, -0.05) is 101 Å². The second-order valence-corrected chi connectivity index (χ2v) is 10.1. The van der Waals surface area contributed by atoms with Crippen LogP contribution in [0.5, 0.6) is 0 Å². The molecule has 0 aliphatic heterocycles. The Morgan fingerprint density at radius 2 is 1.28 bits per heavy atom. The smallest absolute Gasteiger partial charge is 0.319 e. The van der Waals surface area contributed by atoms with Crippen molar-refractivity contribution in [1.82, 2.24) is 16.0 Å². The highest BCUT2D eigenvalue weighted by Crippen LogP contribution is 2.32. The van der Waals surface area contributed by atoms with Gasteiger partial charge in [0, 0.05) is 30.3 Å². The summed E-state index contributed by atoms with van der Waals surface area (Å²) >= 11 is 0. The number of benzene rings is 3.